The highest BCUT2D eigenvalue weighted by atomic mass is 32.3. The van der Waals surface area contributed by atoms with Gasteiger partial charge in [0.1, 0.15) is 0 Å². The lowest BCUT2D eigenvalue weighted by atomic mass is 9.98. The van der Waals surface area contributed by atoms with E-state index in [9.17, 15) is 8.42 Å². The zero-order valence-electron chi connectivity index (χ0n) is 9.87. The summed E-state index contributed by atoms with van der Waals surface area (Å²) in [6.45, 7) is 3.71. The van der Waals surface area contributed by atoms with Crippen LogP contribution in [0.1, 0.15) is 5.56 Å². The molecule has 4 nitrogen and oxygen atoms in total. The molecule has 0 amide bonds. The van der Waals surface area contributed by atoms with Crippen molar-refractivity contribution in [2.75, 3.05) is 0 Å². The molecule has 0 fully saturated rings. The van der Waals surface area contributed by atoms with Gasteiger partial charge >= 0.3 is 10.4 Å². The molecule has 0 radical (unpaired) electrons. The number of hydrogen-bond acceptors (Lipinski definition) is 4. The second kappa shape index (κ2) is 4.13. The maximum atomic E-state index is 11.3. The van der Waals surface area contributed by atoms with Crippen LogP contribution < -0.4 is 8.37 Å². The molecule has 96 valence electrons. The SMILES string of the molecule is C=Cc1c(-c2ccccc2)ccc2c1OS(=O)(=O)O2. The molecule has 5 heteroatoms. The lowest BCUT2D eigenvalue weighted by Crippen LogP contribution is -2.08. The first-order chi connectivity index (χ1) is 9.11. The molecule has 1 aliphatic rings. The van der Waals surface area contributed by atoms with Gasteiger partial charge in [-0.2, -0.15) is 0 Å². The zero-order valence-corrected chi connectivity index (χ0v) is 10.7. The van der Waals surface area contributed by atoms with E-state index in [0.717, 1.165) is 11.1 Å². The maximum Gasteiger partial charge on any atom is 0.501 e. The van der Waals surface area contributed by atoms with E-state index in [1.165, 1.54) is 0 Å². The van der Waals surface area contributed by atoms with Gasteiger partial charge in [-0.1, -0.05) is 43.0 Å². The van der Waals surface area contributed by atoms with Crippen LogP contribution in [0.3, 0.4) is 0 Å². The molecular weight excluding hydrogens is 264 g/mol. The van der Waals surface area contributed by atoms with Gasteiger partial charge in [0.15, 0.2) is 11.5 Å². The van der Waals surface area contributed by atoms with Crippen molar-refractivity contribution in [1.29, 1.82) is 0 Å². The van der Waals surface area contributed by atoms with Crippen LogP contribution in [0.25, 0.3) is 17.2 Å². The highest BCUT2D eigenvalue weighted by Crippen LogP contribution is 2.43. The third-order valence-electron chi connectivity index (χ3n) is 2.83. The molecule has 19 heavy (non-hydrogen) atoms. The molecule has 0 spiro atoms. The predicted octanol–water partition coefficient (Wildman–Crippen LogP) is 3.01. The van der Waals surface area contributed by atoms with Crippen LogP contribution in [0.2, 0.25) is 0 Å². The lowest BCUT2D eigenvalue weighted by Gasteiger charge is -2.08. The highest BCUT2D eigenvalue weighted by Gasteiger charge is 2.31. The first-order valence-electron chi connectivity index (χ1n) is 5.59. The average Bonchev–Trinajstić information content (AvgIpc) is 2.72. The highest BCUT2D eigenvalue weighted by molar-refractivity contribution is 7.82. The molecule has 1 heterocycles. The van der Waals surface area contributed by atoms with Crippen molar-refractivity contribution < 1.29 is 16.8 Å². The van der Waals surface area contributed by atoms with Crippen molar-refractivity contribution in [1.82, 2.24) is 0 Å². The summed E-state index contributed by atoms with van der Waals surface area (Å²) in [5.74, 6) is 0.380. The Morgan fingerprint density at radius 3 is 2.42 bits per heavy atom. The summed E-state index contributed by atoms with van der Waals surface area (Å²) in [6, 6.07) is 12.9. The van der Waals surface area contributed by atoms with E-state index in [1.54, 1.807) is 18.2 Å². The zero-order chi connectivity index (χ0) is 13.5. The molecule has 3 rings (SSSR count). The quantitative estimate of drug-likeness (QED) is 0.844. The first kappa shape index (κ1) is 11.8. The minimum Gasteiger partial charge on any atom is -0.349 e. The van der Waals surface area contributed by atoms with Gasteiger partial charge in [0.25, 0.3) is 0 Å². The topological polar surface area (TPSA) is 52.6 Å². The molecule has 2 aromatic carbocycles. The molecule has 0 N–H and O–H groups in total. The summed E-state index contributed by atoms with van der Waals surface area (Å²) >= 11 is 0. The Morgan fingerprint density at radius 1 is 1.00 bits per heavy atom. The smallest absolute Gasteiger partial charge is 0.349 e. The number of rotatable bonds is 2. The third-order valence-corrected chi connectivity index (χ3v) is 3.58. The summed E-state index contributed by atoms with van der Waals surface area (Å²) < 4.78 is 32.2. The van der Waals surface area contributed by atoms with E-state index in [-0.39, 0.29) is 11.5 Å². The van der Waals surface area contributed by atoms with Gasteiger partial charge < -0.3 is 8.37 Å². The Kier molecular flexibility index (Phi) is 2.57. The van der Waals surface area contributed by atoms with Crippen molar-refractivity contribution >= 4 is 16.5 Å². The molecule has 0 saturated carbocycles. The monoisotopic (exact) mass is 274 g/mol. The van der Waals surface area contributed by atoms with Gasteiger partial charge in [-0.25, -0.2) is 0 Å². The van der Waals surface area contributed by atoms with Crippen LogP contribution >= 0.6 is 0 Å². The van der Waals surface area contributed by atoms with Gasteiger partial charge in [0.2, 0.25) is 0 Å². The lowest BCUT2D eigenvalue weighted by molar-refractivity contribution is 0.436. The first-order valence-corrected chi connectivity index (χ1v) is 6.93. The van der Waals surface area contributed by atoms with Crippen LogP contribution in [-0.4, -0.2) is 8.42 Å². The molecule has 0 atom stereocenters. The molecule has 0 aromatic heterocycles. The maximum absolute atomic E-state index is 11.3. The standard InChI is InChI=1S/C14H10O4S/c1-2-11-12(10-6-4-3-5-7-10)8-9-13-14(11)18-19(15,16)17-13/h2-9H,1H2. The van der Waals surface area contributed by atoms with Crippen molar-refractivity contribution in [2.45, 2.75) is 0 Å². The second-order valence-corrected chi connectivity index (χ2v) is 5.15. The van der Waals surface area contributed by atoms with Crippen LogP contribution in [0.4, 0.5) is 0 Å². The van der Waals surface area contributed by atoms with Crippen LogP contribution in [0.5, 0.6) is 11.5 Å². The second-order valence-electron chi connectivity index (χ2n) is 4.00. The summed E-state index contributed by atoms with van der Waals surface area (Å²) in [7, 11) is -3.98. The summed E-state index contributed by atoms with van der Waals surface area (Å²) in [5.41, 5.74) is 2.40. The number of hydrogen-bond donors (Lipinski definition) is 0. The molecule has 2 aromatic rings. The van der Waals surface area contributed by atoms with Crippen molar-refractivity contribution in [3.63, 3.8) is 0 Å². The summed E-state index contributed by atoms with van der Waals surface area (Å²) in [4.78, 5) is 0. The minimum atomic E-state index is -3.98. The van der Waals surface area contributed by atoms with E-state index < -0.39 is 10.4 Å². The van der Waals surface area contributed by atoms with E-state index in [2.05, 4.69) is 6.58 Å². The van der Waals surface area contributed by atoms with Gasteiger partial charge in [-0.15, -0.1) is 8.42 Å². The molecular formula is C14H10O4S. The van der Waals surface area contributed by atoms with Gasteiger partial charge in [-0.3, -0.25) is 0 Å². The minimum absolute atomic E-state index is 0.189. The fraction of sp³-hybridized carbons (Fsp3) is 0. The Balaban J connectivity index is 2.23. The normalized spacial score (nSPS) is 15.2. The Bertz CT molecular complexity index is 749. The number of fused-ring (bicyclic) bond motifs is 1. The largest absolute Gasteiger partial charge is 0.501 e. The van der Waals surface area contributed by atoms with Crippen molar-refractivity contribution in [3.8, 4) is 22.6 Å². The van der Waals surface area contributed by atoms with Gasteiger partial charge in [0, 0.05) is 5.56 Å². The van der Waals surface area contributed by atoms with E-state index in [4.69, 9.17) is 8.37 Å². The van der Waals surface area contributed by atoms with Crippen molar-refractivity contribution in [3.05, 3.63) is 54.6 Å². The molecule has 0 unspecified atom stereocenters. The van der Waals surface area contributed by atoms with Crippen LogP contribution in [-0.2, 0) is 10.4 Å². The Labute approximate surface area is 111 Å². The van der Waals surface area contributed by atoms with Crippen molar-refractivity contribution in [2.24, 2.45) is 0 Å². The van der Waals surface area contributed by atoms with E-state index in [1.807, 2.05) is 30.3 Å². The van der Waals surface area contributed by atoms with Crippen LogP contribution in [0, 0.1) is 0 Å². The fourth-order valence-corrected chi connectivity index (χ4v) is 2.79. The molecule has 0 bridgehead atoms. The summed E-state index contributed by atoms with van der Waals surface area (Å²) in [6.07, 6.45) is 1.56. The Morgan fingerprint density at radius 2 is 1.74 bits per heavy atom. The average molecular weight is 274 g/mol. The van der Waals surface area contributed by atoms with Gasteiger partial charge in [0.05, 0.1) is 0 Å². The summed E-state index contributed by atoms with van der Waals surface area (Å²) in [5, 5.41) is 0. The predicted molar refractivity (Wildman–Crippen MR) is 72.1 cm³/mol. The number of benzene rings is 2. The fourth-order valence-electron chi connectivity index (χ4n) is 2.03. The third kappa shape index (κ3) is 1.98. The Hall–Kier alpha value is -2.27. The molecule has 0 aliphatic carbocycles. The van der Waals surface area contributed by atoms with Crippen LogP contribution in [0.15, 0.2) is 49.0 Å². The molecule has 1 aliphatic heterocycles. The van der Waals surface area contributed by atoms with E-state index in [0.29, 0.717) is 5.56 Å². The van der Waals surface area contributed by atoms with E-state index >= 15 is 0 Å². The molecule has 0 saturated heterocycles. The van der Waals surface area contributed by atoms with Gasteiger partial charge in [-0.05, 0) is 23.3 Å².